The molecule has 2 aromatic rings. The molecule has 0 spiro atoms. The van der Waals surface area contributed by atoms with Gasteiger partial charge in [0.15, 0.2) is 0 Å². The molecule has 0 aromatic heterocycles. The first-order valence-electron chi connectivity index (χ1n) is 7.40. The first-order chi connectivity index (χ1) is 10.7. The Labute approximate surface area is 135 Å². The number of carbonyl (C=O) groups is 1. The van der Waals surface area contributed by atoms with Crippen LogP contribution in [0, 0.1) is 0 Å². The van der Waals surface area contributed by atoms with Gasteiger partial charge in [0.05, 0.1) is 23.7 Å². The Morgan fingerprint density at radius 2 is 2.05 bits per heavy atom. The molecule has 1 heterocycles. The van der Waals surface area contributed by atoms with Crippen LogP contribution < -0.4 is 4.74 Å². The van der Waals surface area contributed by atoms with Gasteiger partial charge in [0.1, 0.15) is 5.75 Å². The normalized spacial score (nSPS) is 17.5. The summed E-state index contributed by atoms with van der Waals surface area (Å²) < 4.78 is 5.29. The highest BCUT2D eigenvalue weighted by molar-refractivity contribution is 6.33. The fourth-order valence-electron chi connectivity index (χ4n) is 2.99. The summed E-state index contributed by atoms with van der Waals surface area (Å²) in [7, 11) is 1.65. The summed E-state index contributed by atoms with van der Waals surface area (Å²) >= 11 is 6.17. The minimum atomic E-state index is -0.00378. The van der Waals surface area contributed by atoms with Crippen LogP contribution in [0.15, 0.2) is 48.5 Å². The van der Waals surface area contributed by atoms with Crippen molar-refractivity contribution in [3.05, 3.63) is 64.7 Å². The van der Waals surface area contributed by atoms with Crippen molar-refractivity contribution in [1.82, 2.24) is 4.90 Å². The first-order valence-corrected chi connectivity index (χ1v) is 7.78. The van der Waals surface area contributed by atoms with Crippen molar-refractivity contribution in [3.63, 3.8) is 0 Å². The molecule has 1 unspecified atom stereocenters. The van der Waals surface area contributed by atoms with Crippen molar-refractivity contribution in [1.29, 1.82) is 0 Å². The lowest BCUT2D eigenvalue weighted by atomic mass is 10.0. The van der Waals surface area contributed by atoms with E-state index in [1.54, 1.807) is 19.2 Å². The Morgan fingerprint density at radius 3 is 2.82 bits per heavy atom. The molecule has 4 heteroatoms. The summed E-state index contributed by atoms with van der Waals surface area (Å²) in [6, 6.07) is 15.2. The summed E-state index contributed by atoms with van der Waals surface area (Å²) in [6.07, 6.45) is 1.96. The van der Waals surface area contributed by atoms with Crippen LogP contribution in [0.2, 0.25) is 5.02 Å². The number of hydrogen-bond donors (Lipinski definition) is 0. The number of methoxy groups -OCH3 is 1. The number of nitrogens with zero attached hydrogens (tertiary/aromatic N) is 1. The quantitative estimate of drug-likeness (QED) is 0.844. The third-order valence-corrected chi connectivity index (χ3v) is 4.43. The second kappa shape index (κ2) is 6.41. The van der Waals surface area contributed by atoms with E-state index in [1.165, 1.54) is 0 Å². The molecule has 1 saturated heterocycles. The fourth-order valence-corrected chi connectivity index (χ4v) is 3.21. The maximum absolute atomic E-state index is 12.8. The average Bonchev–Trinajstić information content (AvgIpc) is 3.04. The molecule has 1 fully saturated rings. The van der Waals surface area contributed by atoms with Crippen LogP contribution in [-0.4, -0.2) is 24.5 Å². The Morgan fingerprint density at radius 1 is 1.23 bits per heavy atom. The summed E-state index contributed by atoms with van der Waals surface area (Å²) in [5, 5.41) is 0.504. The Bertz CT molecular complexity index is 686. The molecule has 0 bridgehead atoms. The molecule has 0 N–H and O–H groups in total. The van der Waals surface area contributed by atoms with Gasteiger partial charge in [-0.05, 0) is 42.7 Å². The van der Waals surface area contributed by atoms with Gasteiger partial charge in [-0.2, -0.15) is 0 Å². The van der Waals surface area contributed by atoms with Gasteiger partial charge in [-0.15, -0.1) is 0 Å². The molecule has 2 aromatic carbocycles. The van der Waals surface area contributed by atoms with Gasteiger partial charge < -0.3 is 9.64 Å². The molecule has 114 valence electrons. The zero-order valence-electron chi connectivity index (χ0n) is 12.5. The predicted molar refractivity (Wildman–Crippen MR) is 87.5 cm³/mol. The molecule has 1 amide bonds. The number of carbonyl (C=O) groups excluding carboxylic acids is 1. The van der Waals surface area contributed by atoms with E-state index in [0.29, 0.717) is 10.6 Å². The molecular formula is C18H18ClNO2. The lowest BCUT2D eigenvalue weighted by Crippen LogP contribution is -2.30. The van der Waals surface area contributed by atoms with Gasteiger partial charge in [0.2, 0.25) is 0 Å². The Balaban J connectivity index is 1.90. The van der Waals surface area contributed by atoms with Crippen molar-refractivity contribution >= 4 is 17.5 Å². The third-order valence-electron chi connectivity index (χ3n) is 4.10. The SMILES string of the molecule is COc1cccc(C2CCCN2C(=O)c2ccccc2Cl)c1. The van der Waals surface area contributed by atoms with Crippen LogP contribution in [0.25, 0.3) is 0 Å². The molecule has 0 radical (unpaired) electrons. The minimum absolute atomic E-state index is 0.00378. The molecule has 3 rings (SSSR count). The molecule has 1 aliphatic rings. The summed E-state index contributed by atoms with van der Waals surface area (Å²) in [4.78, 5) is 14.7. The Kier molecular flexibility index (Phi) is 4.34. The summed E-state index contributed by atoms with van der Waals surface area (Å²) in [5.41, 5.74) is 1.68. The Hall–Kier alpha value is -2.00. The van der Waals surface area contributed by atoms with E-state index < -0.39 is 0 Å². The van der Waals surface area contributed by atoms with E-state index in [1.807, 2.05) is 41.3 Å². The zero-order chi connectivity index (χ0) is 15.5. The molecule has 3 nitrogen and oxygen atoms in total. The highest BCUT2D eigenvalue weighted by Gasteiger charge is 2.31. The zero-order valence-corrected chi connectivity index (χ0v) is 13.2. The van der Waals surface area contributed by atoms with E-state index in [0.717, 1.165) is 30.7 Å². The van der Waals surface area contributed by atoms with Crippen LogP contribution in [0.1, 0.15) is 34.8 Å². The average molecular weight is 316 g/mol. The van der Waals surface area contributed by atoms with Crippen LogP contribution in [0.3, 0.4) is 0 Å². The lowest BCUT2D eigenvalue weighted by molar-refractivity contribution is 0.0735. The van der Waals surface area contributed by atoms with Crippen molar-refractivity contribution in [3.8, 4) is 5.75 Å². The highest BCUT2D eigenvalue weighted by Crippen LogP contribution is 2.35. The fraction of sp³-hybridized carbons (Fsp3) is 0.278. The predicted octanol–water partition coefficient (Wildman–Crippen LogP) is 4.33. The van der Waals surface area contributed by atoms with Crippen LogP contribution in [0.5, 0.6) is 5.75 Å². The lowest BCUT2D eigenvalue weighted by Gasteiger charge is -2.26. The van der Waals surface area contributed by atoms with Gasteiger partial charge in [0, 0.05) is 6.54 Å². The molecule has 0 aliphatic carbocycles. The van der Waals surface area contributed by atoms with E-state index in [4.69, 9.17) is 16.3 Å². The van der Waals surface area contributed by atoms with E-state index in [2.05, 4.69) is 0 Å². The highest BCUT2D eigenvalue weighted by atomic mass is 35.5. The van der Waals surface area contributed by atoms with Crippen molar-refractivity contribution in [2.45, 2.75) is 18.9 Å². The van der Waals surface area contributed by atoms with Crippen molar-refractivity contribution in [2.75, 3.05) is 13.7 Å². The smallest absolute Gasteiger partial charge is 0.255 e. The summed E-state index contributed by atoms with van der Waals surface area (Å²) in [5.74, 6) is 0.811. The number of amides is 1. The molecule has 0 saturated carbocycles. The van der Waals surface area contributed by atoms with Gasteiger partial charge in [-0.1, -0.05) is 35.9 Å². The van der Waals surface area contributed by atoms with E-state index >= 15 is 0 Å². The number of halogens is 1. The molecule has 22 heavy (non-hydrogen) atoms. The van der Waals surface area contributed by atoms with Gasteiger partial charge in [-0.3, -0.25) is 4.79 Å². The number of rotatable bonds is 3. The maximum atomic E-state index is 12.8. The number of likely N-dealkylation sites (tertiary alicyclic amines) is 1. The van der Waals surface area contributed by atoms with E-state index in [-0.39, 0.29) is 11.9 Å². The first kappa shape index (κ1) is 14.9. The van der Waals surface area contributed by atoms with Crippen LogP contribution in [-0.2, 0) is 0 Å². The van der Waals surface area contributed by atoms with Crippen molar-refractivity contribution in [2.24, 2.45) is 0 Å². The monoisotopic (exact) mass is 315 g/mol. The van der Waals surface area contributed by atoms with Crippen LogP contribution >= 0.6 is 11.6 Å². The molecule has 1 aliphatic heterocycles. The maximum Gasteiger partial charge on any atom is 0.255 e. The topological polar surface area (TPSA) is 29.5 Å². The molecule has 1 atom stereocenters. The minimum Gasteiger partial charge on any atom is -0.497 e. The number of hydrogen-bond acceptors (Lipinski definition) is 2. The van der Waals surface area contributed by atoms with E-state index in [9.17, 15) is 4.79 Å². The second-order valence-electron chi connectivity index (χ2n) is 5.41. The largest absolute Gasteiger partial charge is 0.497 e. The third kappa shape index (κ3) is 2.81. The number of ether oxygens (including phenoxy) is 1. The number of benzene rings is 2. The standard InChI is InChI=1S/C18H18ClNO2/c1-22-14-7-4-6-13(12-14)17-10-5-11-20(17)18(21)15-8-2-3-9-16(15)19/h2-4,6-9,12,17H,5,10-11H2,1H3. The van der Waals surface area contributed by atoms with Crippen molar-refractivity contribution < 1.29 is 9.53 Å². The second-order valence-corrected chi connectivity index (χ2v) is 5.82. The molecular weight excluding hydrogens is 298 g/mol. The summed E-state index contributed by atoms with van der Waals surface area (Å²) in [6.45, 7) is 0.756. The van der Waals surface area contributed by atoms with Gasteiger partial charge >= 0.3 is 0 Å². The van der Waals surface area contributed by atoms with Gasteiger partial charge in [-0.25, -0.2) is 0 Å². The van der Waals surface area contributed by atoms with Gasteiger partial charge in [0.25, 0.3) is 5.91 Å². The van der Waals surface area contributed by atoms with Crippen LogP contribution in [0.4, 0.5) is 0 Å².